The third kappa shape index (κ3) is 4.88. The number of aromatic amines is 1. The number of likely N-dealkylation sites (tertiary alicyclic amines) is 1. The van der Waals surface area contributed by atoms with Crippen LogP contribution < -0.4 is 16.6 Å². The van der Waals surface area contributed by atoms with Crippen LogP contribution in [0.1, 0.15) is 18.9 Å². The first-order valence-electron chi connectivity index (χ1n) is 11.9. The van der Waals surface area contributed by atoms with Gasteiger partial charge in [0.2, 0.25) is 0 Å². The summed E-state index contributed by atoms with van der Waals surface area (Å²) < 4.78 is 7.65. The highest BCUT2D eigenvalue weighted by atomic mass is 16.5. The number of H-pyrrole nitrogens is 1. The lowest BCUT2D eigenvalue weighted by atomic mass is 10.0. The van der Waals surface area contributed by atoms with Crippen LogP contribution in [-0.4, -0.2) is 56.2 Å². The lowest BCUT2D eigenvalue weighted by molar-refractivity contribution is -0.141. The van der Waals surface area contributed by atoms with Crippen LogP contribution in [0, 0.1) is 0 Å². The lowest BCUT2D eigenvalue weighted by Crippen LogP contribution is -2.43. The molecule has 0 aliphatic carbocycles. The summed E-state index contributed by atoms with van der Waals surface area (Å²) in [6.45, 7) is 0.535. The van der Waals surface area contributed by atoms with E-state index in [9.17, 15) is 19.2 Å². The molecule has 11 heteroatoms. The van der Waals surface area contributed by atoms with Crippen molar-refractivity contribution in [3.8, 4) is 11.1 Å². The van der Waals surface area contributed by atoms with E-state index in [1.807, 2.05) is 36.4 Å². The second-order valence-electron chi connectivity index (χ2n) is 8.84. The Bertz CT molecular complexity index is 1560. The minimum absolute atomic E-state index is 0.0660. The molecule has 0 spiro atoms. The van der Waals surface area contributed by atoms with Gasteiger partial charge in [-0.05, 0) is 36.6 Å². The highest BCUT2D eigenvalue weighted by Gasteiger charge is 2.27. The average Bonchev–Trinajstić information content (AvgIpc) is 3.26. The number of rotatable bonds is 5. The molecule has 1 aromatic carbocycles. The van der Waals surface area contributed by atoms with Gasteiger partial charge in [-0.3, -0.25) is 19.1 Å². The topological polar surface area (TPSA) is 131 Å². The average molecular weight is 503 g/mol. The third-order valence-electron chi connectivity index (χ3n) is 6.57. The molecule has 1 saturated heterocycles. The molecule has 2 N–H and O–H groups in total. The van der Waals surface area contributed by atoms with E-state index in [1.165, 1.54) is 11.7 Å². The Balaban J connectivity index is 1.35. The summed E-state index contributed by atoms with van der Waals surface area (Å²) in [5.41, 5.74) is 2.11. The monoisotopic (exact) mass is 502 g/mol. The number of piperidine rings is 1. The van der Waals surface area contributed by atoms with Gasteiger partial charge in [0.1, 0.15) is 12.2 Å². The molecule has 4 heterocycles. The van der Waals surface area contributed by atoms with Crippen molar-refractivity contribution in [2.45, 2.75) is 25.4 Å². The molecule has 2 amide bonds. The number of esters is 1. The fourth-order valence-electron chi connectivity index (χ4n) is 4.68. The van der Waals surface area contributed by atoms with Crippen molar-refractivity contribution in [1.29, 1.82) is 0 Å². The van der Waals surface area contributed by atoms with Crippen LogP contribution in [0.4, 0.5) is 10.5 Å². The molecule has 37 heavy (non-hydrogen) atoms. The minimum Gasteiger partial charge on any atom is -0.468 e. The van der Waals surface area contributed by atoms with Gasteiger partial charge in [0.05, 0.1) is 12.6 Å². The molecule has 190 valence electrons. The first kappa shape index (κ1) is 24.0. The number of nitrogens with zero attached hydrogens (tertiary/aromatic N) is 4. The van der Waals surface area contributed by atoms with E-state index in [-0.39, 0.29) is 24.0 Å². The largest absolute Gasteiger partial charge is 0.468 e. The standard InChI is InChI=1S/C26H26N6O5/c1-37-22(33)16-31-15-18(17-6-3-2-4-7-17)14-20(24(31)34)28-25(35)30-12-9-19(10-13-30)32-21-8-5-11-27-23(21)29-26(32)36/h2-8,11,14-15,19H,9-10,12-13,16H2,1H3,(H,28,35)(H,27,29,36). The second kappa shape index (κ2) is 10.1. The Hall–Kier alpha value is -4.67. The van der Waals surface area contributed by atoms with Gasteiger partial charge in [-0.15, -0.1) is 0 Å². The van der Waals surface area contributed by atoms with Crippen LogP contribution in [-0.2, 0) is 16.1 Å². The third-order valence-corrected chi connectivity index (χ3v) is 6.57. The van der Waals surface area contributed by atoms with E-state index in [0.717, 1.165) is 11.1 Å². The predicted molar refractivity (Wildman–Crippen MR) is 137 cm³/mol. The number of fused-ring (bicyclic) bond motifs is 1. The van der Waals surface area contributed by atoms with Crippen LogP contribution in [0.25, 0.3) is 22.3 Å². The molecule has 0 atom stereocenters. The summed E-state index contributed by atoms with van der Waals surface area (Å²) in [4.78, 5) is 59.2. The molecule has 0 saturated carbocycles. The quantitative estimate of drug-likeness (QED) is 0.403. The van der Waals surface area contributed by atoms with Crippen molar-refractivity contribution in [1.82, 2.24) is 24.0 Å². The van der Waals surface area contributed by atoms with Crippen LogP contribution in [0.15, 0.2) is 70.5 Å². The highest BCUT2D eigenvalue weighted by molar-refractivity contribution is 5.90. The van der Waals surface area contributed by atoms with Crippen LogP contribution in [0.2, 0.25) is 0 Å². The van der Waals surface area contributed by atoms with Crippen molar-refractivity contribution in [2.24, 2.45) is 0 Å². The Labute approximate surface area is 211 Å². The molecule has 5 rings (SSSR count). The van der Waals surface area contributed by atoms with Crippen LogP contribution in [0.3, 0.4) is 0 Å². The zero-order valence-electron chi connectivity index (χ0n) is 20.2. The van der Waals surface area contributed by atoms with Gasteiger partial charge in [-0.1, -0.05) is 30.3 Å². The van der Waals surface area contributed by atoms with Crippen LogP contribution >= 0.6 is 0 Å². The van der Waals surface area contributed by atoms with E-state index in [0.29, 0.717) is 37.1 Å². The molecule has 0 unspecified atom stereocenters. The molecule has 0 bridgehead atoms. The minimum atomic E-state index is -0.575. The molecular weight excluding hydrogens is 476 g/mol. The second-order valence-corrected chi connectivity index (χ2v) is 8.84. The highest BCUT2D eigenvalue weighted by Crippen LogP contribution is 2.25. The number of hydrogen-bond acceptors (Lipinski definition) is 6. The van der Waals surface area contributed by atoms with Gasteiger partial charge in [0.15, 0.2) is 5.65 Å². The first-order valence-corrected chi connectivity index (χ1v) is 11.9. The normalized spacial score (nSPS) is 14.0. The molecule has 0 radical (unpaired) electrons. The number of benzene rings is 1. The Morgan fingerprint density at radius 1 is 1.08 bits per heavy atom. The molecular formula is C26H26N6O5. The number of pyridine rings is 2. The van der Waals surface area contributed by atoms with E-state index >= 15 is 0 Å². The number of amides is 2. The van der Waals surface area contributed by atoms with Gasteiger partial charge in [-0.2, -0.15) is 0 Å². The van der Waals surface area contributed by atoms with Crippen molar-refractivity contribution < 1.29 is 14.3 Å². The summed E-state index contributed by atoms with van der Waals surface area (Å²) in [7, 11) is 1.25. The smallest absolute Gasteiger partial charge is 0.327 e. The molecule has 4 aromatic rings. The number of carbonyl (C=O) groups is 2. The Morgan fingerprint density at radius 3 is 2.57 bits per heavy atom. The molecule has 1 aliphatic rings. The summed E-state index contributed by atoms with van der Waals surface area (Å²) in [5, 5.41) is 2.73. The van der Waals surface area contributed by atoms with Gasteiger partial charge >= 0.3 is 17.7 Å². The maximum absolute atomic E-state index is 13.1. The maximum atomic E-state index is 13.1. The number of imidazole rings is 1. The van der Waals surface area contributed by atoms with Gasteiger partial charge in [0.25, 0.3) is 5.56 Å². The molecule has 1 fully saturated rings. The number of hydrogen-bond donors (Lipinski definition) is 2. The van der Waals surface area contributed by atoms with E-state index in [2.05, 4.69) is 15.3 Å². The zero-order valence-corrected chi connectivity index (χ0v) is 20.2. The first-order chi connectivity index (χ1) is 17.9. The number of carbonyl (C=O) groups excluding carboxylic acids is 2. The van der Waals surface area contributed by atoms with Crippen molar-refractivity contribution >= 4 is 28.9 Å². The number of ether oxygens (including phenoxy) is 1. The van der Waals surface area contributed by atoms with Crippen molar-refractivity contribution in [3.05, 3.63) is 81.8 Å². The fraction of sp³-hybridized carbons (Fsp3) is 0.269. The van der Waals surface area contributed by atoms with E-state index in [1.54, 1.807) is 34.0 Å². The van der Waals surface area contributed by atoms with Crippen molar-refractivity contribution in [2.75, 3.05) is 25.5 Å². The Kier molecular flexibility index (Phi) is 6.59. The summed E-state index contributed by atoms with van der Waals surface area (Å²) >= 11 is 0. The van der Waals surface area contributed by atoms with E-state index < -0.39 is 17.6 Å². The molecule has 1 aliphatic heterocycles. The summed E-state index contributed by atoms with van der Waals surface area (Å²) in [5.74, 6) is -0.575. The summed E-state index contributed by atoms with van der Waals surface area (Å²) in [6.07, 6.45) is 4.35. The fourth-order valence-corrected chi connectivity index (χ4v) is 4.68. The Morgan fingerprint density at radius 2 is 1.84 bits per heavy atom. The number of anilines is 1. The number of urea groups is 1. The van der Waals surface area contributed by atoms with Crippen molar-refractivity contribution in [3.63, 3.8) is 0 Å². The van der Waals surface area contributed by atoms with Crippen LogP contribution in [0.5, 0.6) is 0 Å². The zero-order chi connectivity index (χ0) is 25.9. The van der Waals surface area contributed by atoms with E-state index in [4.69, 9.17) is 4.74 Å². The van der Waals surface area contributed by atoms with Gasteiger partial charge in [-0.25, -0.2) is 14.6 Å². The summed E-state index contributed by atoms with van der Waals surface area (Å²) in [6, 6.07) is 14.1. The van der Waals surface area contributed by atoms with Gasteiger partial charge in [0, 0.05) is 37.1 Å². The van der Waals surface area contributed by atoms with Gasteiger partial charge < -0.3 is 19.5 Å². The number of methoxy groups -OCH3 is 1. The maximum Gasteiger partial charge on any atom is 0.327 e. The SMILES string of the molecule is COC(=O)Cn1cc(-c2ccccc2)cc(NC(=O)N2CCC(n3c(=O)[nH]c4ncccc43)CC2)c1=O. The number of aromatic nitrogens is 4. The molecule has 3 aromatic heterocycles. The number of nitrogens with one attached hydrogen (secondary N) is 2. The lowest BCUT2D eigenvalue weighted by Gasteiger charge is -2.32. The molecule has 11 nitrogen and oxygen atoms in total. The predicted octanol–water partition coefficient (Wildman–Crippen LogP) is 2.60.